The first-order valence-corrected chi connectivity index (χ1v) is 6.24. The van der Waals surface area contributed by atoms with Crippen LogP contribution in [0, 0.1) is 17.7 Å². The Balaban J connectivity index is 2.12. The molecular weight excluding hydrogens is 217 g/mol. The van der Waals surface area contributed by atoms with Crippen molar-refractivity contribution < 1.29 is 9.13 Å². The standard InChI is InChI=1S/C14H20FNO/c1-10-9-16-7-6-11(10)8-12-4-3-5-13(17-2)14(12)15/h3-5,10-11,16H,6-9H2,1-2H3. The zero-order valence-corrected chi connectivity index (χ0v) is 10.5. The van der Waals surface area contributed by atoms with Crippen molar-refractivity contribution in [3.8, 4) is 5.75 Å². The van der Waals surface area contributed by atoms with Gasteiger partial charge in [0.1, 0.15) is 0 Å². The van der Waals surface area contributed by atoms with Crippen molar-refractivity contribution >= 4 is 0 Å². The molecule has 1 aliphatic heterocycles. The van der Waals surface area contributed by atoms with Crippen LogP contribution >= 0.6 is 0 Å². The molecule has 1 aromatic rings. The molecule has 2 nitrogen and oxygen atoms in total. The lowest BCUT2D eigenvalue weighted by atomic mass is 9.83. The third-order valence-corrected chi connectivity index (χ3v) is 3.71. The second-order valence-corrected chi connectivity index (χ2v) is 4.87. The van der Waals surface area contributed by atoms with Gasteiger partial charge >= 0.3 is 0 Å². The Morgan fingerprint density at radius 1 is 1.47 bits per heavy atom. The SMILES string of the molecule is COc1cccc(CC2CCNCC2C)c1F. The number of benzene rings is 1. The van der Waals surface area contributed by atoms with E-state index < -0.39 is 0 Å². The zero-order chi connectivity index (χ0) is 12.3. The molecule has 1 heterocycles. The predicted octanol–water partition coefficient (Wildman–Crippen LogP) is 2.62. The van der Waals surface area contributed by atoms with E-state index >= 15 is 0 Å². The molecule has 0 radical (unpaired) electrons. The maximum atomic E-state index is 14.0. The molecule has 17 heavy (non-hydrogen) atoms. The van der Waals surface area contributed by atoms with Gasteiger partial charge in [0, 0.05) is 0 Å². The van der Waals surface area contributed by atoms with Crippen molar-refractivity contribution in [2.24, 2.45) is 11.8 Å². The molecular formula is C14H20FNO. The average Bonchev–Trinajstić information content (AvgIpc) is 2.34. The van der Waals surface area contributed by atoms with Crippen molar-refractivity contribution in [3.63, 3.8) is 0 Å². The summed E-state index contributed by atoms with van der Waals surface area (Å²) in [5.41, 5.74) is 0.781. The molecule has 0 saturated carbocycles. The largest absolute Gasteiger partial charge is 0.494 e. The van der Waals surface area contributed by atoms with Gasteiger partial charge in [0.25, 0.3) is 0 Å². The molecule has 94 valence electrons. The molecule has 1 aliphatic rings. The van der Waals surface area contributed by atoms with Crippen LogP contribution in [0.5, 0.6) is 5.75 Å². The maximum Gasteiger partial charge on any atom is 0.168 e. The lowest BCUT2D eigenvalue weighted by molar-refractivity contribution is 0.269. The Labute approximate surface area is 102 Å². The van der Waals surface area contributed by atoms with Gasteiger partial charge in [0.05, 0.1) is 7.11 Å². The van der Waals surface area contributed by atoms with Crippen molar-refractivity contribution in [1.82, 2.24) is 5.32 Å². The summed E-state index contributed by atoms with van der Waals surface area (Å²) in [4.78, 5) is 0. The molecule has 0 amide bonds. The molecule has 1 fully saturated rings. The molecule has 2 unspecified atom stereocenters. The highest BCUT2D eigenvalue weighted by atomic mass is 19.1. The van der Waals surface area contributed by atoms with Crippen molar-refractivity contribution in [2.75, 3.05) is 20.2 Å². The molecule has 0 bridgehead atoms. The summed E-state index contributed by atoms with van der Waals surface area (Å²) < 4.78 is 19.0. The van der Waals surface area contributed by atoms with Crippen LogP contribution in [0.4, 0.5) is 4.39 Å². The van der Waals surface area contributed by atoms with Gasteiger partial charge in [-0.15, -0.1) is 0 Å². The van der Waals surface area contributed by atoms with Crippen LogP contribution in [0.25, 0.3) is 0 Å². The number of hydrogen-bond donors (Lipinski definition) is 1. The topological polar surface area (TPSA) is 21.3 Å². The summed E-state index contributed by atoms with van der Waals surface area (Å²) >= 11 is 0. The number of rotatable bonds is 3. The molecule has 1 aromatic carbocycles. The Morgan fingerprint density at radius 3 is 3.00 bits per heavy atom. The Kier molecular flexibility index (Phi) is 4.00. The third-order valence-electron chi connectivity index (χ3n) is 3.71. The third kappa shape index (κ3) is 2.78. The average molecular weight is 237 g/mol. The van der Waals surface area contributed by atoms with Gasteiger partial charge < -0.3 is 10.1 Å². The van der Waals surface area contributed by atoms with Crippen LogP contribution < -0.4 is 10.1 Å². The van der Waals surface area contributed by atoms with Crippen molar-refractivity contribution in [2.45, 2.75) is 19.8 Å². The van der Waals surface area contributed by atoms with E-state index in [-0.39, 0.29) is 5.82 Å². The van der Waals surface area contributed by atoms with Gasteiger partial charge in [0.2, 0.25) is 0 Å². The summed E-state index contributed by atoms with van der Waals surface area (Å²) in [5, 5.41) is 3.37. The van der Waals surface area contributed by atoms with E-state index in [0.29, 0.717) is 17.6 Å². The fraction of sp³-hybridized carbons (Fsp3) is 0.571. The van der Waals surface area contributed by atoms with Gasteiger partial charge in [-0.05, 0) is 49.4 Å². The van der Waals surface area contributed by atoms with Gasteiger partial charge in [-0.25, -0.2) is 4.39 Å². The lowest BCUT2D eigenvalue weighted by Gasteiger charge is -2.29. The zero-order valence-electron chi connectivity index (χ0n) is 10.5. The van der Waals surface area contributed by atoms with Crippen LogP contribution in [-0.4, -0.2) is 20.2 Å². The van der Waals surface area contributed by atoms with E-state index in [1.807, 2.05) is 12.1 Å². The number of ether oxygens (including phenoxy) is 1. The molecule has 0 aromatic heterocycles. The highest BCUT2D eigenvalue weighted by Crippen LogP contribution is 2.27. The van der Waals surface area contributed by atoms with E-state index in [0.717, 1.165) is 31.5 Å². The lowest BCUT2D eigenvalue weighted by Crippen LogP contribution is -2.36. The van der Waals surface area contributed by atoms with Crippen LogP contribution in [0.3, 0.4) is 0 Å². The van der Waals surface area contributed by atoms with E-state index in [2.05, 4.69) is 12.2 Å². The number of halogens is 1. The summed E-state index contributed by atoms with van der Waals surface area (Å²) in [7, 11) is 1.51. The monoisotopic (exact) mass is 237 g/mol. The molecule has 3 heteroatoms. The van der Waals surface area contributed by atoms with Crippen LogP contribution in [-0.2, 0) is 6.42 Å². The van der Waals surface area contributed by atoms with Gasteiger partial charge in [-0.2, -0.15) is 0 Å². The number of hydrogen-bond acceptors (Lipinski definition) is 2. The predicted molar refractivity (Wildman–Crippen MR) is 66.8 cm³/mol. The second kappa shape index (κ2) is 5.50. The van der Waals surface area contributed by atoms with Gasteiger partial charge in [0.15, 0.2) is 11.6 Å². The Morgan fingerprint density at radius 2 is 2.29 bits per heavy atom. The molecule has 0 aliphatic carbocycles. The Hall–Kier alpha value is -1.09. The summed E-state index contributed by atoms with van der Waals surface area (Å²) in [6.45, 7) is 4.31. The minimum absolute atomic E-state index is 0.194. The first-order chi connectivity index (χ1) is 8.22. The quantitative estimate of drug-likeness (QED) is 0.872. The normalized spacial score (nSPS) is 24.6. The smallest absolute Gasteiger partial charge is 0.168 e. The molecule has 0 spiro atoms. The number of piperidine rings is 1. The second-order valence-electron chi connectivity index (χ2n) is 4.87. The van der Waals surface area contributed by atoms with Gasteiger partial charge in [-0.1, -0.05) is 19.1 Å². The Bertz CT molecular complexity index is 380. The maximum absolute atomic E-state index is 14.0. The highest BCUT2D eigenvalue weighted by molar-refractivity contribution is 5.31. The van der Waals surface area contributed by atoms with Gasteiger partial charge in [-0.3, -0.25) is 0 Å². The number of nitrogens with one attached hydrogen (secondary N) is 1. The highest BCUT2D eigenvalue weighted by Gasteiger charge is 2.22. The fourth-order valence-electron chi connectivity index (χ4n) is 2.53. The molecule has 1 saturated heterocycles. The summed E-state index contributed by atoms with van der Waals surface area (Å²) in [6, 6.07) is 5.40. The molecule has 1 N–H and O–H groups in total. The minimum Gasteiger partial charge on any atom is -0.494 e. The van der Waals surface area contributed by atoms with Crippen LogP contribution in [0.15, 0.2) is 18.2 Å². The van der Waals surface area contributed by atoms with Crippen LogP contribution in [0.2, 0.25) is 0 Å². The summed E-state index contributed by atoms with van der Waals surface area (Å²) in [5.74, 6) is 1.33. The number of methoxy groups -OCH3 is 1. The van der Waals surface area contributed by atoms with E-state index in [4.69, 9.17) is 4.74 Å². The summed E-state index contributed by atoms with van der Waals surface area (Å²) in [6.07, 6.45) is 1.93. The van der Waals surface area contributed by atoms with E-state index in [1.165, 1.54) is 7.11 Å². The molecule has 2 rings (SSSR count). The van der Waals surface area contributed by atoms with E-state index in [9.17, 15) is 4.39 Å². The fourth-order valence-corrected chi connectivity index (χ4v) is 2.53. The van der Waals surface area contributed by atoms with Crippen molar-refractivity contribution in [3.05, 3.63) is 29.6 Å². The van der Waals surface area contributed by atoms with E-state index in [1.54, 1.807) is 6.07 Å². The first-order valence-electron chi connectivity index (χ1n) is 6.24. The first kappa shape index (κ1) is 12.4. The molecule has 2 atom stereocenters. The minimum atomic E-state index is -0.194. The van der Waals surface area contributed by atoms with Crippen LogP contribution in [0.1, 0.15) is 18.9 Å². The van der Waals surface area contributed by atoms with Crippen molar-refractivity contribution in [1.29, 1.82) is 0 Å².